The van der Waals surface area contributed by atoms with E-state index in [9.17, 15) is 4.79 Å². The van der Waals surface area contributed by atoms with Crippen LogP contribution in [0.15, 0.2) is 22.8 Å². The predicted molar refractivity (Wildman–Crippen MR) is 92.9 cm³/mol. The number of hydrogen-bond donors (Lipinski definition) is 0. The standard InChI is InChI=1S/C15H21BrN2O3Si/c1-20-15(19)12-8-14-11(7-13(12)16)9-17-18(14)10-21-5-6-22(2,3)4/h7-9H,5-6,10H2,1-4H3. The van der Waals surface area contributed by atoms with Crippen molar-refractivity contribution in [1.29, 1.82) is 0 Å². The van der Waals surface area contributed by atoms with Gasteiger partial charge in [0.2, 0.25) is 0 Å². The van der Waals surface area contributed by atoms with Gasteiger partial charge in [-0.1, -0.05) is 19.6 Å². The zero-order chi connectivity index (χ0) is 16.3. The quantitative estimate of drug-likeness (QED) is 0.430. The Kier molecular flexibility index (Phi) is 5.41. The fourth-order valence-corrected chi connectivity index (χ4v) is 3.28. The minimum Gasteiger partial charge on any atom is -0.465 e. The lowest BCUT2D eigenvalue weighted by molar-refractivity contribution is 0.0599. The average molecular weight is 385 g/mol. The SMILES string of the molecule is COC(=O)c1cc2c(cnn2COCC[Si](C)(C)C)cc1Br. The summed E-state index contributed by atoms with van der Waals surface area (Å²) in [6.45, 7) is 8.08. The van der Waals surface area contributed by atoms with Crippen LogP contribution in [0.1, 0.15) is 10.4 Å². The van der Waals surface area contributed by atoms with E-state index < -0.39 is 8.07 Å². The molecule has 120 valence electrons. The van der Waals surface area contributed by atoms with Gasteiger partial charge in [0.25, 0.3) is 0 Å². The Morgan fingerprint density at radius 3 is 2.73 bits per heavy atom. The van der Waals surface area contributed by atoms with Gasteiger partial charge in [0.1, 0.15) is 6.73 Å². The second-order valence-electron chi connectivity index (χ2n) is 6.37. The minimum atomic E-state index is -1.09. The molecule has 0 spiro atoms. The van der Waals surface area contributed by atoms with Crippen molar-refractivity contribution in [2.75, 3.05) is 13.7 Å². The molecule has 1 aromatic heterocycles. The molecule has 0 N–H and O–H groups in total. The Bertz CT molecular complexity index is 679. The summed E-state index contributed by atoms with van der Waals surface area (Å²) in [4.78, 5) is 11.8. The normalized spacial score (nSPS) is 11.9. The van der Waals surface area contributed by atoms with E-state index in [0.29, 0.717) is 16.8 Å². The molecule has 2 aromatic rings. The van der Waals surface area contributed by atoms with Gasteiger partial charge in [-0.05, 0) is 34.1 Å². The summed E-state index contributed by atoms with van der Waals surface area (Å²) in [5, 5.41) is 5.28. The zero-order valence-corrected chi connectivity index (χ0v) is 15.9. The third-order valence-corrected chi connectivity index (χ3v) is 5.71. The highest BCUT2D eigenvalue weighted by Crippen LogP contribution is 2.25. The average Bonchev–Trinajstić information content (AvgIpc) is 2.83. The molecule has 1 aromatic carbocycles. The van der Waals surface area contributed by atoms with Gasteiger partial charge in [0.05, 0.1) is 24.4 Å². The molecule has 0 aliphatic rings. The predicted octanol–water partition coefficient (Wildman–Crippen LogP) is 3.90. The first kappa shape index (κ1) is 17.2. The number of fused-ring (bicyclic) bond motifs is 1. The van der Waals surface area contributed by atoms with E-state index in [2.05, 4.69) is 40.7 Å². The first-order valence-corrected chi connectivity index (χ1v) is 11.6. The lowest BCUT2D eigenvalue weighted by Crippen LogP contribution is -2.22. The van der Waals surface area contributed by atoms with E-state index in [1.807, 2.05) is 6.07 Å². The molecule has 7 heteroatoms. The number of aromatic nitrogens is 2. The van der Waals surface area contributed by atoms with Crippen LogP contribution in [0.2, 0.25) is 25.7 Å². The van der Waals surface area contributed by atoms with Crippen molar-refractivity contribution in [3.8, 4) is 0 Å². The number of rotatable bonds is 6. The monoisotopic (exact) mass is 384 g/mol. The Hall–Kier alpha value is -1.18. The molecule has 0 saturated heterocycles. The third-order valence-electron chi connectivity index (χ3n) is 3.35. The van der Waals surface area contributed by atoms with E-state index in [1.165, 1.54) is 7.11 Å². The van der Waals surface area contributed by atoms with Gasteiger partial charge in [-0.15, -0.1) is 0 Å². The number of methoxy groups -OCH3 is 1. The molecule has 0 amide bonds. The Balaban J connectivity index is 2.16. The summed E-state index contributed by atoms with van der Waals surface area (Å²) < 4.78 is 13.0. The molecule has 0 unspecified atom stereocenters. The van der Waals surface area contributed by atoms with Gasteiger partial charge in [-0.25, -0.2) is 9.48 Å². The summed E-state index contributed by atoms with van der Waals surface area (Å²) >= 11 is 3.39. The summed E-state index contributed by atoms with van der Waals surface area (Å²) in [5.74, 6) is -0.374. The van der Waals surface area contributed by atoms with Crippen molar-refractivity contribution in [2.45, 2.75) is 32.4 Å². The fraction of sp³-hybridized carbons (Fsp3) is 0.467. The number of halogens is 1. The first-order chi connectivity index (χ1) is 10.3. The summed E-state index contributed by atoms with van der Waals surface area (Å²) in [5.41, 5.74) is 1.34. The van der Waals surface area contributed by atoms with Gasteiger partial charge < -0.3 is 9.47 Å². The molecule has 0 atom stereocenters. The number of hydrogen-bond acceptors (Lipinski definition) is 4. The zero-order valence-electron chi connectivity index (χ0n) is 13.4. The lowest BCUT2D eigenvalue weighted by Gasteiger charge is -2.15. The molecule has 1 heterocycles. The topological polar surface area (TPSA) is 53.3 Å². The van der Waals surface area contributed by atoms with E-state index in [-0.39, 0.29) is 5.97 Å². The first-order valence-electron chi connectivity index (χ1n) is 7.13. The minimum absolute atomic E-state index is 0.374. The highest BCUT2D eigenvalue weighted by atomic mass is 79.9. The number of ether oxygens (including phenoxy) is 2. The van der Waals surface area contributed by atoms with Gasteiger partial charge in [-0.3, -0.25) is 0 Å². The van der Waals surface area contributed by atoms with Crippen LogP contribution in [0.25, 0.3) is 10.9 Å². The highest BCUT2D eigenvalue weighted by molar-refractivity contribution is 9.10. The number of carbonyl (C=O) groups excluding carboxylic acids is 1. The fourth-order valence-electron chi connectivity index (χ4n) is 2.00. The van der Waals surface area contributed by atoms with Crippen molar-refractivity contribution >= 4 is 40.9 Å². The van der Waals surface area contributed by atoms with Crippen molar-refractivity contribution in [3.05, 3.63) is 28.4 Å². The van der Waals surface area contributed by atoms with E-state index in [1.54, 1.807) is 16.9 Å². The van der Waals surface area contributed by atoms with Crippen LogP contribution >= 0.6 is 15.9 Å². The number of benzene rings is 1. The van der Waals surface area contributed by atoms with Crippen LogP contribution in [0.5, 0.6) is 0 Å². The number of carbonyl (C=O) groups is 1. The van der Waals surface area contributed by atoms with Crippen LogP contribution in [-0.4, -0.2) is 37.5 Å². The van der Waals surface area contributed by atoms with Crippen molar-refractivity contribution < 1.29 is 14.3 Å². The highest BCUT2D eigenvalue weighted by Gasteiger charge is 2.15. The molecule has 0 saturated carbocycles. The molecule has 2 rings (SSSR count). The number of esters is 1. The molecule has 5 nitrogen and oxygen atoms in total. The molecule has 0 fully saturated rings. The maximum atomic E-state index is 11.8. The summed E-state index contributed by atoms with van der Waals surface area (Å²) in [6, 6.07) is 4.76. The maximum absolute atomic E-state index is 11.8. The Morgan fingerprint density at radius 2 is 2.09 bits per heavy atom. The molecule has 0 aliphatic heterocycles. The van der Waals surface area contributed by atoms with E-state index in [0.717, 1.165) is 23.6 Å². The van der Waals surface area contributed by atoms with Crippen molar-refractivity contribution in [2.24, 2.45) is 0 Å². The van der Waals surface area contributed by atoms with Crippen LogP contribution in [0, 0.1) is 0 Å². The van der Waals surface area contributed by atoms with E-state index >= 15 is 0 Å². The molecule has 22 heavy (non-hydrogen) atoms. The van der Waals surface area contributed by atoms with Crippen LogP contribution in [0.4, 0.5) is 0 Å². The lowest BCUT2D eigenvalue weighted by atomic mass is 10.2. The van der Waals surface area contributed by atoms with Crippen LogP contribution in [0.3, 0.4) is 0 Å². The molecule has 0 aliphatic carbocycles. The van der Waals surface area contributed by atoms with Gasteiger partial charge in [0.15, 0.2) is 0 Å². The maximum Gasteiger partial charge on any atom is 0.339 e. The third kappa shape index (κ3) is 4.18. The van der Waals surface area contributed by atoms with Crippen molar-refractivity contribution in [3.63, 3.8) is 0 Å². The van der Waals surface area contributed by atoms with Crippen LogP contribution < -0.4 is 0 Å². The van der Waals surface area contributed by atoms with Gasteiger partial charge in [-0.2, -0.15) is 5.10 Å². The second kappa shape index (κ2) is 6.93. The number of nitrogens with zero attached hydrogens (tertiary/aromatic N) is 2. The van der Waals surface area contributed by atoms with E-state index in [4.69, 9.17) is 9.47 Å². The molecular formula is C15H21BrN2O3Si. The Labute approximate surface area is 139 Å². The van der Waals surface area contributed by atoms with Gasteiger partial charge in [0, 0.05) is 24.5 Å². The molecular weight excluding hydrogens is 364 g/mol. The Morgan fingerprint density at radius 1 is 1.36 bits per heavy atom. The molecule has 0 bridgehead atoms. The molecule has 0 radical (unpaired) electrons. The van der Waals surface area contributed by atoms with Crippen molar-refractivity contribution in [1.82, 2.24) is 9.78 Å². The smallest absolute Gasteiger partial charge is 0.339 e. The largest absolute Gasteiger partial charge is 0.465 e. The van der Waals surface area contributed by atoms with Gasteiger partial charge >= 0.3 is 5.97 Å². The van der Waals surface area contributed by atoms with Crippen LogP contribution in [-0.2, 0) is 16.2 Å². The summed E-state index contributed by atoms with van der Waals surface area (Å²) in [7, 11) is 0.280. The summed E-state index contributed by atoms with van der Waals surface area (Å²) in [6.07, 6.45) is 1.77. The second-order valence-corrected chi connectivity index (χ2v) is 12.9.